The van der Waals surface area contributed by atoms with Crippen molar-refractivity contribution >= 4 is 18.3 Å². The number of aryl methyl sites for hydroxylation is 1. The van der Waals surface area contributed by atoms with Gasteiger partial charge in [0.1, 0.15) is 0 Å². The smallest absolute Gasteiger partial charge is 0.232 e. The molecule has 134 valence electrons. The molecule has 1 N–H and O–H groups in total. The van der Waals surface area contributed by atoms with Gasteiger partial charge in [-0.25, -0.2) is 0 Å². The zero-order chi connectivity index (χ0) is 16.4. The molecule has 2 aliphatic rings. The highest BCUT2D eigenvalue weighted by atomic mass is 35.5. The average molecular weight is 351 g/mol. The zero-order valence-corrected chi connectivity index (χ0v) is 16.0. The molecule has 3 nitrogen and oxygen atoms in total. The van der Waals surface area contributed by atoms with Crippen LogP contribution in [0.5, 0.6) is 0 Å². The Hall–Kier alpha value is -1.06. The molecule has 0 bridgehead atoms. The number of nitrogens with zero attached hydrogens (tertiary/aromatic N) is 1. The van der Waals surface area contributed by atoms with E-state index in [0.29, 0.717) is 6.04 Å². The van der Waals surface area contributed by atoms with Crippen molar-refractivity contribution in [1.29, 1.82) is 0 Å². The Bertz CT molecular complexity index is 561. The van der Waals surface area contributed by atoms with Gasteiger partial charge in [-0.15, -0.1) is 12.4 Å². The van der Waals surface area contributed by atoms with E-state index < -0.39 is 5.41 Å². The number of benzene rings is 1. The molecular formula is C20H31ClN2O. The molecule has 0 atom stereocenters. The second-order valence-corrected chi connectivity index (χ2v) is 7.86. The molecule has 1 aliphatic carbocycles. The lowest BCUT2D eigenvalue weighted by atomic mass is 9.80. The Morgan fingerprint density at radius 3 is 2.38 bits per heavy atom. The monoisotopic (exact) mass is 350 g/mol. The van der Waals surface area contributed by atoms with Crippen molar-refractivity contribution in [3.05, 3.63) is 35.4 Å². The molecule has 4 heteroatoms. The number of carbonyl (C=O) groups is 1. The minimum Gasteiger partial charge on any atom is -0.342 e. The van der Waals surface area contributed by atoms with Crippen LogP contribution in [0.25, 0.3) is 0 Å². The highest BCUT2D eigenvalue weighted by Gasteiger charge is 2.36. The Kier molecular flexibility index (Phi) is 6.33. The normalized spacial score (nSPS) is 19.0. The maximum absolute atomic E-state index is 13.1. The van der Waals surface area contributed by atoms with Crippen molar-refractivity contribution in [2.45, 2.75) is 57.9 Å². The van der Waals surface area contributed by atoms with E-state index in [0.717, 1.165) is 37.4 Å². The van der Waals surface area contributed by atoms with Crippen molar-refractivity contribution < 1.29 is 4.79 Å². The number of amides is 1. The SMILES string of the molecule is Cc1ccccc1C(C)(C)C(=O)N1CCC(NCC2CC2)CC1.Cl. The molecule has 1 saturated heterocycles. The fraction of sp³-hybridized carbons (Fsp3) is 0.650. The van der Waals surface area contributed by atoms with Gasteiger partial charge in [-0.05, 0) is 70.0 Å². The van der Waals surface area contributed by atoms with Crippen LogP contribution in [0.1, 0.15) is 50.7 Å². The Morgan fingerprint density at radius 1 is 1.17 bits per heavy atom. The lowest BCUT2D eigenvalue weighted by Gasteiger charge is -2.38. The lowest BCUT2D eigenvalue weighted by molar-refractivity contribution is -0.137. The summed E-state index contributed by atoms with van der Waals surface area (Å²) < 4.78 is 0. The number of hydrogen-bond acceptors (Lipinski definition) is 2. The molecule has 1 amide bonds. The van der Waals surface area contributed by atoms with E-state index in [1.807, 2.05) is 12.1 Å². The maximum atomic E-state index is 13.1. The van der Waals surface area contributed by atoms with Crippen LogP contribution in [-0.4, -0.2) is 36.5 Å². The third-order valence-corrected chi connectivity index (χ3v) is 5.53. The number of hydrogen-bond donors (Lipinski definition) is 1. The second kappa shape index (κ2) is 7.88. The summed E-state index contributed by atoms with van der Waals surface area (Å²) in [6, 6.07) is 8.86. The average Bonchev–Trinajstić information content (AvgIpc) is 3.37. The summed E-state index contributed by atoms with van der Waals surface area (Å²) in [5.74, 6) is 1.20. The number of piperidine rings is 1. The maximum Gasteiger partial charge on any atom is 0.232 e. The summed E-state index contributed by atoms with van der Waals surface area (Å²) in [5.41, 5.74) is 1.91. The first-order chi connectivity index (χ1) is 11.0. The van der Waals surface area contributed by atoms with Crippen LogP contribution in [0, 0.1) is 12.8 Å². The predicted octanol–water partition coefficient (Wildman–Crippen LogP) is 3.69. The first kappa shape index (κ1) is 19.3. The standard InChI is InChI=1S/C20H30N2O.ClH/c1-15-6-4-5-7-18(15)20(2,3)19(23)22-12-10-17(11-13-22)21-14-16-8-9-16;/h4-7,16-17,21H,8-14H2,1-3H3;1H. The Balaban J connectivity index is 0.00000208. The molecule has 1 aromatic rings. The van der Waals surface area contributed by atoms with E-state index in [1.54, 1.807) is 0 Å². The molecule has 0 aromatic heterocycles. The van der Waals surface area contributed by atoms with Crippen molar-refractivity contribution in [3.8, 4) is 0 Å². The minimum atomic E-state index is -0.445. The summed E-state index contributed by atoms with van der Waals surface area (Å²) in [5, 5.41) is 3.68. The third kappa shape index (κ3) is 4.31. The molecule has 0 unspecified atom stereocenters. The van der Waals surface area contributed by atoms with Gasteiger partial charge in [-0.3, -0.25) is 4.79 Å². The topological polar surface area (TPSA) is 32.3 Å². The van der Waals surface area contributed by atoms with Crippen LogP contribution in [-0.2, 0) is 10.2 Å². The van der Waals surface area contributed by atoms with Crippen LogP contribution < -0.4 is 5.32 Å². The molecule has 1 aliphatic heterocycles. The van der Waals surface area contributed by atoms with E-state index >= 15 is 0 Å². The van der Waals surface area contributed by atoms with Gasteiger partial charge in [0.15, 0.2) is 0 Å². The molecule has 0 radical (unpaired) electrons. The van der Waals surface area contributed by atoms with Gasteiger partial charge < -0.3 is 10.2 Å². The largest absolute Gasteiger partial charge is 0.342 e. The fourth-order valence-electron chi connectivity index (χ4n) is 3.73. The third-order valence-electron chi connectivity index (χ3n) is 5.53. The van der Waals surface area contributed by atoms with Crippen LogP contribution in [0.4, 0.5) is 0 Å². The number of likely N-dealkylation sites (tertiary alicyclic amines) is 1. The van der Waals surface area contributed by atoms with Gasteiger partial charge in [0.2, 0.25) is 5.91 Å². The summed E-state index contributed by atoms with van der Waals surface area (Å²) in [4.78, 5) is 15.1. The highest BCUT2D eigenvalue weighted by molar-refractivity contribution is 5.88. The molecule has 1 heterocycles. The van der Waals surface area contributed by atoms with Crippen molar-refractivity contribution in [2.24, 2.45) is 5.92 Å². The van der Waals surface area contributed by atoms with Crippen LogP contribution in [0.15, 0.2) is 24.3 Å². The predicted molar refractivity (Wildman–Crippen MR) is 102 cm³/mol. The minimum absolute atomic E-state index is 0. The van der Waals surface area contributed by atoms with E-state index in [-0.39, 0.29) is 18.3 Å². The molecule has 0 spiro atoms. The molecule has 2 fully saturated rings. The van der Waals surface area contributed by atoms with Gasteiger partial charge in [0, 0.05) is 19.1 Å². The van der Waals surface area contributed by atoms with Gasteiger partial charge in [-0.2, -0.15) is 0 Å². The summed E-state index contributed by atoms with van der Waals surface area (Å²) in [7, 11) is 0. The summed E-state index contributed by atoms with van der Waals surface area (Å²) >= 11 is 0. The van der Waals surface area contributed by atoms with Crippen molar-refractivity contribution in [2.75, 3.05) is 19.6 Å². The summed E-state index contributed by atoms with van der Waals surface area (Å²) in [6.45, 7) is 9.17. The highest BCUT2D eigenvalue weighted by Crippen LogP contribution is 2.30. The van der Waals surface area contributed by atoms with Crippen molar-refractivity contribution in [3.63, 3.8) is 0 Å². The molecule has 24 heavy (non-hydrogen) atoms. The Morgan fingerprint density at radius 2 is 1.79 bits per heavy atom. The van der Waals surface area contributed by atoms with E-state index in [9.17, 15) is 4.79 Å². The van der Waals surface area contributed by atoms with Crippen LogP contribution >= 0.6 is 12.4 Å². The van der Waals surface area contributed by atoms with E-state index in [2.05, 4.69) is 43.1 Å². The van der Waals surface area contributed by atoms with Crippen LogP contribution in [0.3, 0.4) is 0 Å². The quantitative estimate of drug-likeness (QED) is 0.878. The van der Waals surface area contributed by atoms with Gasteiger partial charge in [0.25, 0.3) is 0 Å². The van der Waals surface area contributed by atoms with E-state index in [4.69, 9.17) is 0 Å². The summed E-state index contributed by atoms with van der Waals surface area (Å²) in [6.07, 6.45) is 4.97. The van der Waals surface area contributed by atoms with Gasteiger partial charge in [0.05, 0.1) is 5.41 Å². The Labute approximate surface area is 152 Å². The molecule has 1 aromatic carbocycles. The molecule has 3 rings (SSSR count). The fourth-order valence-corrected chi connectivity index (χ4v) is 3.73. The van der Waals surface area contributed by atoms with Crippen molar-refractivity contribution in [1.82, 2.24) is 10.2 Å². The lowest BCUT2D eigenvalue weighted by Crippen LogP contribution is -2.50. The van der Waals surface area contributed by atoms with Gasteiger partial charge >= 0.3 is 0 Å². The van der Waals surface area contributed by atoms with E-state index in [1.165, 1.54) is 24.9 Å². The number of halogens is 1. The number of nitrogens with one attached hydrogen (secondary N) is 1. The molecular weight excluding hydrogens is 320 g/mol. The number of rotatable bonds is 5. The molecule has 1 saturated carbocycles. The number of carbonyl (C=O) groups excluding carboxylic acids is 1. The zero-order valence-electron chi connectivity index (χ0n) is 15.2. The van der Waals surface area contributed by atoms with Gasteiger partial charge in [-0.1, -0.05) is 24.3 Å². The second-order valence-electron chi connectivity index (χ2n) is 7.86. The first-order valence-electron chi connectivity index (χ1n) is 9.07. The van der Waals surface area contributed by atoms with Crippen LogP contribution in [0.2, 0.25) is 0 Å². The first-order valence-corrected chi connectivity index (χ1v) is 9.07.